The Bertz CT molecular complexity index is 406. The summed E-state index contributed by atoms with van der Waals surface area (Å²) in [5.74, 6) is 1.00. The van der Waals surface area contributed by atoms with Gasteiger partial charge < -0.3 is 10.2 Å². The van der Waals surface area contributed by atoms with Crippen LogP contribution in [0.4, 0.5) is 5.82 Å². The van der Waals surface area contributed by atoms with E-state index in [4.69, 9.17) is 5.26 Å². The molecule has 76 valence electrons. The molecule has 0 saturated carbocycles. The summed E-state index contributed by atoms with van der Waals surface area (Å²) in [6.45, 7) is 2.11. The number of aromatic nitrogens is 1. The Morgan fingerprint density at radius 3 is 3.00 bits per heavy atom. The van der Waals surface area contributed by atoms with Gasteiger partial charge in [0.25, 0.3) is 0 Å². The Labute approximate surface area is 88.5 Å². The zero-order chi connectivity index (χ0) is 10.3. The number of anilines is 1. The van der Waals surface area contributed by atoms with Gasteiger partial charge in [0, 0.05) is 31.4 Å². The van der Waals surface area contributed by atoms with Crippen LogP contribution in [-0.2, 0) is 0 Å². The molecule has 2 fully saturated rings. The van der Waals surface area contributed by atoms with E-state index >= 15 is 0 Å². The van der Waals surface area contributed by atoms with Crippen LogP contribution in [0.2, 0.25) is 0 Å². The number of fused-ring (bicyclic) bond motifs is 2. The normalized spacial score (nSPS) is 28.1. The summed E-state index contributed by atoms with van der Waals surface area (Å²) in [5.41, 5.74) is 0.626. The van der Waals surface area contributed by atoms with Gasteiger partial charge in [-0.25, -0.2) is 4.98 Å². The number of nitrogens with zero attached hydrogens (tertiary/aromatic N) is 3. The average Bonchev–Trinajstić information content (AvgIpc) is 2.91. The van der Waals surface area contributed by atoms with Crippen molar-refractivity contribution in [2.45, 2.75) is 18.5 Å². The molecule has 3 heterocycles. The highest BCUT2D eigenvalue weighted by atomic mass is 15.3. The maximum Gasteiger partial charge on any atom is 0.128 e. The molecule has 1 aromatic heterocycles. The molecule has 0 radical (unpaired) electrons. The maximum absolute atomic E-state index is 8.69. The van der Waals surface area contributed by atoms with Crippen molar-refractivity contribution in [3.63, 3.8) is 0 Å². The molecule has 2 atom stereocenters. The van der Waals surface area contributed by atoms with Gasteiger partial charge in [0.1, 0.15) is 11.9 Å². The first kappa shape index (κ1) is 8.69. The van der Waals surface area contributed by atoms with E-state index in [0.717, 1.165) is 18.9 Å². The quantitative estimate of drug-likeness (QED) is 0.717. The largest absolute Gasteiger partial charge is 0.351 e. The zero-order valence-electron chi connectivity index (χ0n) is 8.35. The molecule has 2 aliphatic heterocycles. The maximum atomic E-state index is 8.69. The fraction of sp³-hybridized carbons (Fsp3) is 0.455. The van der Waals surface area contributed by atoms with E-state index < -0.39 is 0 Å². The van der Waals surface area contributed by atoms with Gasteiger partial charge in [-0.15, -0.1) is 0 Å². The molecule has 0 aromatic carbocycles. The lowest BCUT2D eigenvalue weighted by molar-refractivity contribution is 0.576. The lowest BCUT2D eigenvalue weighted by Crippen LogP contribution is -2.43. The molecule has 4 heteroatoms. The molecule has 0 spiro atoms. The molecule has 1 aromatic rings. The van der Waals surface area contributed by atoms with Gasteiger partial charge in [0.15, 0.2) is 0 Å². The van der Waals surface area contributed by atoms with Gasteiger partial charge in [-0.1, -0.05) is 0 Å². The first-order valence-corrected chi connectivity index (χ1v) is 5.23. The molecule has 2 saturated heterocycles. The topological polar surface area (TPSA) is 52.0 Å². The number of rotatable bonds is 1. The average molecular weight is 200 g/mol. The number of nitriles is 1. The first-order chi connectivity index (χ1) is 7.36. The van der Waals surface area contributed by atoms with Gasteiger partial charge in [-0.05, 0) is 18.6 Å². The summed E-state index contributed by atoms with van der Waals surface area (Å²) in [4.78, 5) is 6.66. The Morgan fingerprint density at radius 1 is 1.53 bits per heavy atom. The van der Waals surface area contributed by atoms with E-state index in [-0.39, 0.29) is 0 Å². The highest BCUT2D eigenvalue weighted by molar-refractivity contribution is 5.45. The van der Waals surface area contributed by atoms with Gasteiger partial charge in [0.05, 0.1) is 5.56 Å². The molecule has 0 unspecified atom stereocenters. The summed E-state index contributed by atoms with van der Waals surface area (Å²) < 4.78 is 0. The lowest BCUT2D eigenvalue weighted by Gasteiger charge is -2.28. The molecular weight excluding hydrogens is 188 g/mol. The van der Waals surface area contributed by atoms with E-state index in [1.54, 1.807) is 6.20 Å². The smallest absolute Gasteiger partial charge is 0.128 e. The van der Waals surface area contributed by atoms with E-state index in [0.29, 0.717) is 17.6 Å². The molecule has 2 bridgehead atoms. The van der Waals surface area contributed by atoms with Crippen molar-refractivity contribution in [2.24, 2.45) is 0 Å². The second kappa shape index (κ2) is 3.21. The van der Waals surface area contributed by atoms with Gasteiger partial charge in [-0.3, -0.25) is 0 Å². The zero-order valence-corrected chi connectivity index (χ0v) is 8.35. The molecular formula is C11H12N4. The number of hydrogen-bond acceptors (Lipinski definition) is 4. The summed E-state index contributed by atoms with van der Waals surface area (Å²) in [6.07, 6.45) is 2.87. The Hall–Kier alpha value is -1.60. The fourth-order valence-corrected chi connectivity index (χ4v) is 2.46. The second-order valence-electron chi connectivity index (χ2n) is 4.16. The second-order valence-corrected chi connectivity index (χ2v) is 4.16. The molecule has 0 amide bonds. The number of nitrogens with one attached hydrogen (secondary N) is 1. The van der Waals surface area contributed by atoms with Crippen LogP contribution in [0.1, 0.15) is 12.0 Å². The fourth-order valence-electron chi connectivity index (χ4n) is 2.46. The Balaban J connectivity index is 1.85. The van der Waals surface area contributed by atoms with Crippen LogP contribution < -0.4 is 10.2 Å². The minimum atomic E-state index is 0.593. The lowest BCUT2D eigenvalue weighted by atomic mass is 10.2. The van der Waals surface area contributed by atoms with Gasteiger partial charge in [-0.2, -0.15) is 5.26 Å². The molecule has 1 N–H and O–H groups in total. The van der Waals surface area contributed by atoms with Crippen LogP contribution in [0.25, 0.3) is 0 Å². The Morgan fingerprint density at radius 2 is 2.47 bits per heavy atom. The van der Waals surface area contributed by atoms with Crippen LogP contribution in [-0.4, -0.2) is 30.2 Å². The van der Waals surface area contributed by atoms with Gasteiger partial charge >= 0.3 is 0 Å². The van der Waals surface area contributed by atoms with E-state index in [1.807, 2.05) is 12.1 Å². The van der Waals surface area contributed by atoms with Crippen molar-refractivity contribution in [3.05, 3.63) is 23.9 Å². The number of piperazine rings is 1. The first-order valence-electron chi connectivity index (χ1n) is 5.23. The summed E-state index contributed by atoms with van der Waals surface area (Å²) in [5, 5.41) is 12.1. The summed E-state index contributed by atoms with van der Waals surface area (Å²) in [6, 6.07) is 7.09. The molecule has 0 aliphatic carbocycles. The molecule has 2 aliphatic rings. The van der Waals surface area contributed by atoms with Crippen LogP contribution in [0, 0.1) is 11.3 Å². The van der Waals surface area contributed by atoms with Crippen LogP contribution in [0.5, 0.6) is 0 Å². The van der Waals surface area contributed by atoms with Crippen molar-refractivity contribution in [3.8, 4) is 6.07 Å². The minimum absolute atomic E-state index is 0.593. The summed E-state index contributed by atoms with van der Waals surface area (Å²) >= 11 is 0. The van der Waals surface area contributed by atoms with Crippen molar-refractivity contribution >= 4 is 5.82 Å². The highest BCUT2D eigenvalue weighted by Crippen LogP contribution is 2.27. The third-order valence-electron chi connectivity index (χ3n) is 3.23. The number of pyridine rings is 1. The van der Waals surface area contributed by atoms with Crippen molar-refractivity contribution in [1.29, 1.82) is 5.26 Å². The molecule has 3 rings (SSSR count). The van der Waals surface area contributed by atoms with Crippen molar-refractivity contribution in [1.82, 2.24) is 10.3 Å². The molecule has 4 nitrogen and oxygen atoms in total. The standard InChI is InChI=1S/C11H12N4/c12-4-8-1-2-11(14-5-8)15-7-9-3-10(15)6-13-9/h1-2,5,9-10,13H,3,6-7H2/t9-,10-/m0/s1. The Kier molecular flexibility index (Phi) is 1.86. The van der Waals surface area contributed by atoms with Gasteiger partial charge in [0.2, 0.25) is 0 Å². The predicted molar refractivity (Wildman–Crippen MR) is 56.5 cm³/mol. The minimum Gasteiger partial charge on any atom is -0.351 e. The third-order valence-corrected chi connectivity index (χ3v) is 3.23. The van der Waals surface area contributed by atoms with E-state index in [1.165, 1.54) is 6.42 Å². The highest BCUT2D eigenvalue weighted by Gasteiger charge is 2.37. The van der Waals surface area contributed by atoms with Crippen LogP contribution in [0.3, 0.4) is 0 Å². The predicted octanol–water partition coefficient (Wildman–Crippen LogP) is 0.504. The number of hydrogen-bond donors (Lipinski definition) is 1. The monoisotopic (exact) mass is 200 g/mol. The van der Waals surface area contributed by atoms with Crippen LogP contribution >= 0.6 is 0 Å². The van der Waals surface area contributed by atoms with Crippen LogP contribution in [0.15, 0.2) is 18.3 Å². The van der Waals surface area contributed by atoms with Crippen molar-refractivity contribution in [2.75, 3.05) is 18.0 Å². The van der Waals surface area contributed by atoms with Crippen molar-refractivity contribution < 1.29 is 0 Å². The van der Waals surface area contributed by atoms with E-state index in [9.17, 15) is 0 Å². The SMILES string of the molecule is N#Cc1ccc(N2C[C@@H]3C[C@H]2CN3)nc1. The molecule has 15 heavy (non-hydrogen) atoms. The van der Waals surface area contributed by atoms with E-state index in [2.05, 4.69) is 21.3 Å². The third kappa shape index (κ3) is 1.36. The summed E-state index contributed by atoms with van der Waals surface area (Å²) in [7, 11) is 0.